The van der Waals surface area contributed by atoms with Crippen molar-refractivity contribution in [2.75, 3.05) is 27.2 Å². The van der Waals surface area contributed by atoms with Crippen molar-refractivity contribution >= 4 is 0 Å². The van der Waals surface area contributed by atoms with E-state index < -0.39 is 0 Å². The monoisotopic (exact) mass is 302 g/mol. The van der Waals surface area contributed by atoms with Gasteiger partial charge in [-0.15, -0.1) is 0 Å². The molecule has 0 radical (unpaired) electrons. The molecule has 2 aliphatic rings. The zero-order valence-corrected chi connectivity index (χ0v) is 14.5. The van der Waals surface area contributed by atoms with E-state index in [1.165, 1.54) is 36.0 Å². The van der Waals surface area contributed by atoms with E-state index >= 15 is 0 Å². The molecule has 1 heterocycles. The number of benzene rings is 1. The normalized spacial score (nSPS) is 29.6. The Morgan fingerprint density at radius 1 is 1.23 bits per heavy atom. The second-order valence-corrected chi connectivity index (χ2v) is 7.31. The number of aryl methyl sites for hydroxylation is 2. The van der Waals surface area contributed by atoms with Crippen molar-refractivity contribution < 1.29 is 4.74 Å². The molecule has 3 heteroatoms. The Morgan fingerprint density at radius 3 is 2.77 bits per heavy atom. The molecule has 122 valence electrons. The van der Waals surface area contributed by atoms with Gasteiger partial charge in [0.15, 0.2) is 0 Å². The van der Waals surface area contributed by atoms with Gasteiger partial charge in [-0.3, -0.25) is 4.90 Å². The van der Waals surface area contributed by atoms with Gasteiger partial charge in [0, 0.05) is 25.2 Å². The van der Waals surface area contributed by atoms with Gasteiger partial charge in [-0.1, -0.05) is 23.8 Å². The molecule has 1 aromatic carbocycles. The molecular weight excluding hydrogens is 272 g/mol. The highest BCUT2D eigenvalue weighted by molar-refractivity contribution is 5.30. The van der Waals surface area contributed by atoms with Gasteiger partial charge >= 0.3 is 0 Å². The molecule has 0 spiro atoms. The Hall–Kier alpha value is -0.900. The quantitative estimate of drug-likeness (QED) is 0.854. The van der Waals surface area contributed by atoms with Gasteiger partial charge in [-0.2, -0.15) is 0 Å². The largest absolute Gasteiger partial charge is 0.375 e. The van der Waals surface area contributed by atoms with Crippen molar-refractivity contribution in [2.24, 2.45) is 0 Å². The summed E-state index contributed by atoms with van der Waals surface area (Å²) >= 11 is 0. The van der Waals surface area contributed by atoms with E-state index in [1.807, 2.05) is 0 Å². The fourth-order valence-corrected chi connectivity index (χ4v) is 4.08. The van der Waals surface area contributed by atoms with Crippen LogP contribution in [0.25, 0.3) is 0 Å². The third-order valence-electron chi connectivity index (χ3n) is 5.51. The molecule has 2 fully saturated rings. The fourth-order valence-electron chi connectivity index (χ4n) is 4.08. The highest BCUT2D eigenvalue weighted by Crippen LogP contribution is 2.31. The maximum absolute atomic E-state index is 6.11. The number of nitrogens with zero attached hydrogens (tertiary/aromatic N) is 2. The van der Waals surface area contributed by atoms with E-state index in [4.69, 9.17) is 4.74 Å². The average molecular weight is 302 g/mol. The summed E-state index contributed by atoms with van der Waals surface area (Å²) in [4.78, 5) is 5.03. The Morgan fingerprint density at radius 2 is 2.05 bits per heavy atom. The number of fused-ring (bicyclic) bond motifs is 1. The number of rotatable bonds is 3. The van der Waals surface area contributed by atoms with Gasteiger partial charge in [-0.25, -0.2) is 0 Å². The first-order valence-corrected chi connectivity index (χ1v) is 8.63. The first-order chi connectivity index (χ1) is 10.5. The van der Waals surface area contributed by atoms with Crippen molar-refractivity contribution in [3.63, 3.8) is 0 Å². The molecule has 1 aliphatic heterocycles. The molecule has 1 aromatic rings. The third-order valence-corrected chi connectivity index (χ3v) is 5.51. The number of hydrogen-bond donors (Lipinski definition) is 0. The summed E-state index contributed by atoms with van der Waals surface area (Å²) in [6.07, 6.45) is 4.15. The molecule has 3 atom stereocenters. The molecule has 0 unspecified atom stereocenters. The van der Waals surface area contributed by atoms with Gasteiger partial charge in [0.25, 0.3) is 0 Å². The van der Waals surface area contributed by atoms with E-state index in [-0.39, 0.29) is 0 Å². The van der Waals surface area contributed by atoms with Crippen LogP contribution >= 0.6 is 0 Å². The minimum atomic E-state index is 0.417. The smallest absolute Gasteiger partial charge is 0.0745 e. The molecule has 3 rings (SSSR count). The van der Waals surface area contributed by atoms with Crippen LogP contribution in [0.5, 0.6) is 0 Å². The lowest BCUT2D eigenvalue weighted by Crippen LogP contribution is -2.55. The van der Waals surface area contributed by atoms with Crippen LogP contribution in [0.3, 0.4) is 0 Å². The number of ether oxygens (including phenoxy) is 1. The van der Waals surface area contributed by atoms with Crippen molar-refractivity contribution in [3.8, 4) is 0 Å². The van der Waals surface area contributed by atoms with Crippen LogP contribution in [0.2, 0.25) is 0 Å². The maximum atomic E-state index is 6.11. The molecule has 3 nitrogen and oxygen atoms in total. The predicted octanol–water partition coefficient (Wildman–Crippen LogP) is 2.99. The molecule has 0 aromatic heterocycles. The van der Waals surface area contributed by atoms with Gasteiger partial charge < -0.3 is 9.64 Å². The zero-order valence-electron chi connectivity index (χ0n) is 14.5. The standard InChI is InChI=1S/C19H30N2O/c1-14-5-6-16(15(2)11-14)13-21-9-10-22-19-12-17(20(3)4)7-8-18(19)21/h5-6,11,17-19H,7-10,12-13H2,1-4H3/t17-,18-,19+/m0/s1. The molecule has 22 heavy (non-hydrogen) atoms. The van der Waals surface area contributed by atoms with Gasteiger partial charge in [-0.05, 0) is 58.3 Å². The average Bonchev–Trinajstić information content (AvgIpc) is 2.49. The number of morpholine rings is 1. The lowest BCUT2D eigenvalue weighted by molar-refractivity contribution is -0.103. The van der Waals surface area contributed by atoms with Crippen LogP contribution in [-0.4, -0.2) is 55.2 Å². The van der Waals surface area contributed by atoms with Gasteiger partial charge in [0.05, 0.1) is 12.7 Å². The summed E-state index contributed by atoms with van der Waals surface area (Å²) in [7, 11) is 4.39. The topological polar surface area (TPSA) is 15.7 Å². The van der Waals surface area contributed by atoms with Crippen LogP contribution in [0.1, 0.15) is 36.0 Å². The van der Waals surface area contributed by atoms with Crippen LogP contribution in [0, 0.1) is 13.8 Å². The molecule has 0 N–H and O–H groups in total. The SMILES string of the molecule is Cc1ccc(CN2CCO[C@@H]3C[C@@H](N(C)C)CC[C@@H]32)c(C)c1. The van der Waals surface area contributed by atoms with Crippen LogP contribution in [-0.2, 0) is 11.3 Å². The summed E-state index contributed by atoms with van der Waals surface area (Å²) in [5.41, 5.74) is 4.25. The van der Waals surface area contributed by atoms with E-state index in [9.17, 15) is 0 Å². The molecule has 1 aliphatic carbocycles. The first-order valence-electron chi connectivity index (χ1n) is 8.63. The van der Waals surface area contributed by atoms with E-state index in [0.29, 0.717) is 18.2 Å². The third kappa shape index (κ3) is 3.37. The zero-order chi connectivity index (χ0) is 15.7. The fraction of sp³-hybridized carbons (Fsp3) is 0.684. The maximum Gasteiger partial charge on any atom is 0.0745 e. The molecular formula is C19H30N2O. The highest BCUT2D eigenvalue weighted by Gasteiger charge is 2.38. The molecule has 0 bridgehead atoms. The minimum absolute atomic E-state index is 0.417. The summed E-state index contributed by atoms with van der Waals surface area (Å²) < 4.78 is 6.11. The van der Waals surface area contributed by atoms with Crippen molar-refractivity contribution in [1.82, 2.24) is 9.80 Å². The minimum Gasteiger partial charge on any atom is -0.375 e. The molecule has 0 amide bonds. The summed E-state index contributed by atoms with van der Waals surface area (Å²) in [5, 5.41) is 0. The number of hydrogen-bond acceptors (Lipinski definition) is 3. The Kier molecular flexibility index (Phi) is 4.86. The van der Waals surface area contributed by atoms with Crippen molar-refractivity contribution in [1.29, 1.82) is 0 Å². The van der Waals surface area contributed by atoms with Crippen LogP contribution in [0.15, 0.2) is 18.2 Å². The van der Waals surface area contributed by atoms with E-state index in [0.717, 1.165) is 19.7 Å². The Labute approximate surface area is 135 Å². The highest BCUT2D eigenvalue weighted by atomic mass is 16.5. The van der Waals surface area contributed by atoms with E-state index in [2.05, 4.69) is 55.9 Å². The Bertz CT molecular complexity index is 514. The summed E-state index contributed by atoms with van der Waals surface area (Å²) in [6.45, 7) is 7.43. The van der Waals surface area contributed by atoms with Gasteiger partial charge in [0.2, 0.25) is 0 Å². The second-order valence-electron chi connectivity index (χ2n) is 7.31. The summed E-state index contributed by atoms with van der Waals surface area (Å²) in [6, 6.07) is 8.13. The second kappa shape index (κ2) is 6.69. The van der Waals surface area contributed by atoms with Crippen molar-refractivity contribution in [3.05, 3.63) is 34.9 Å². The first kappa shape index (κ1) is 16.0. The molecule has 1 saturated heterocycles. The summed E-state index contributed by atoms with van der Waals surface area (Å²) in [5.74, 6) is 0. The Balaban J connectivity index is 1.69. The molecule has 1 saturated carbocycles. The lowest BCUT2D eigenvalue weighted by Gasteiger charge is -2.47. The predicted molar refractivity (Wildman–Crippen MR) is 91.2 cm³/mol. The van der Waals surface area contributed by atoms with Crippen LogP contribution in [0.4, 0.5) is 0 Å². The lowest BCUT2D eigenvalue weighted by atomic mass is 9.85. The van der Waals surface area contributed by atoms with Gasteiger partial charge in [0.1, 0.15) is 0 Å². The van der Waals surface area contributed by atoms with E-state index in [1.54, 1.807) is 0 Å². The van der Waals surface area contributed by atoms with Crippen molar-refractivity contribution in [2.45, 2.75) is 57.8 Å². The van der Waals surface area contributed by atoms with Crippen LogP contribution < -0.4 is 0 Å².